The third-order valence-corrected chi connectivity index (χ3v) is 3.12. The zero-order chi connectivity index (χ0) is 16.8. The van der Waals surface area contributed by atoms with E-state index in [1.165, 1.54) is 10.9 Å². The Labute approximate surface area is 133 Å². The molecule has 0 spiro atoms. The number of nitrogens with two attached hydrogens (primary N) is 2. The fourth-order valence-corrected chi connectivity index (χ4v) is 2.08. The van der Waals surface area contributed by atoms with E-state index in [9.17, 15) is 9.59 Å². The van der Waals surface area contributed by atoms with E-state index in [2.05, 4.69) is 10.4 Å². The molecule has 8 nitrogen and oxygen atoms in total. The maximum atomic E-state index is 11.8. The fourth-order valence-electron chi connectivity index (χ4n) is 2.08. The van der Waals surface area contributed by atoms with Crippen molar-refractivity contribution in [3.63, 3.8) is 0 Å². The number of nitrogen functional groups attached to an aromatic ring is 1. The van der Waals surface area contributed by atoms with E-state index in [4.69, 9.17) is 16.2 Å². The van der Waals surface area contributed by atoms with Crippen molar-refractivity contribution in [3.05, 3.63) is 47.8 Å². The molecule has 0 aliphatic heterocycles. The molecule has 0 saturated carbocycles. The lowest BCUT2D eigenvalue weighted by atomic mass is 10.2. The molecule has 0 radical (unpaired) electrons. The second-order valence-electron chi connectivity index (χ2n) is 5.10. The average Bonchev–Trinajstić information content (AvgIpc) is 2.86. The van der Waals surface area contributed by atoms with Crippen LogP contribution in [0, 0.1) is 0 Å². The molecule has 2 rings (SSSR count). The number of hydrogen-bond donors (Lipinski definition) is 3. The van der Waals surface area contributed by atoms with Crippen LogP contribution in [0.15, 0.2) is 36.5 Å². The first-order valence-electron chi connectivity index (χ1n) is 7.05. The third-order valence-electron chi connectivity index (χ3n) is 3.12. The van der Waals surface area contributed by atoms with Crippen molar-refractivity contribution in [3.8, 4) is 0 Å². The van der Waals surface area contributed by atoms with Crippen LogP contribution in [0.5, 0.6) is 0 Å². The van der Waals surface area contributed by atoms with E-state index in [0.717, 1.165) is 5.56 Å². The molecule has 5 N–H and O–H groups in total. The minimum atomic E-state index is -0.668. The number of nitrogens with one attached hydrogen (secondary N) is 1. The minimum Gasteiger partial charge on any atom is -0.445 e. The van der Waals surface area contributed by atoms with Gasteiger partial charge in [-0.2, -0.15) is 5.10 Å². The van der Waals surface area contributed by atoms with Gasteiger partial charge in [-0.15, -0.1) is 0 Å². The molecule has 2 aromatic rings. The normalized spacial score (nSPS) is 11.7. The van der Waals surface area contributed by atoms with Gasteiger partial charge in [-0.25, -0.2) is 4.79 Å². The standard InChI is InChI=1S/C15H19N5O3/c1-10(8-20-13(14(17)21)12(16)7-18-20)19-15(22)23-9-11-5-3-2-4-6-11/h2-7,10H,8-9,16H2,1H3,(H2,17,21)(H,19,22)/t10-/m0/s1. The Balaban J connectivity index is 1.86. The number of hydrogen-bond acceptors (Lipinski definition) is 5. The van der Waals surface area contributed by atoms with Crippen LogP contribution >= 0.6 is 0 Å². The molecule has 2 amide bonds. The van der Waals surface area contributed by atoms with Crippen molar-refractivity contribution in [1.29, 1.82) is 0 Å². The number of anilines is 1. The summed E-state index contributed by atoms with van der Waals surface area (Å²) >= 11 is 0. The van der Waals surface area contributed by atoms with Crippen LogP contribution in [0.2, 0.25) is 0 Å². The number of amides is 2. The maximum Gasteiger partial charge on any atom is 0.407 e. The first-order chi connectivity index (χ1) is 11.0. The van der Waals surface area contributed by atoms with Gasteiger partial charge in [0.25, 0.3) is 5.91 Å². The van der Waals surface area contributed by atoms with Crippen molar-refractivity contribution in [1.82, 2.24) is 15.1 Å². The zero-order valence-corrected chi connectivity index (χ0v) is 12.7. The Morgan fingerprint density at radius 3 is 2.70 bits per heavy atom. The Kier molecular flexibility index (Phi) is 5.19. The largest absolute Gasteiger partial charge is 0.445 e. The summed E-state index contributed by atoms with van der Waals surface area (Å²) in [6, 6.07) is 9.03. The number of carbonyl (C=O) groups excluding carboxylic acids is 2. The van der Waals surface area contributed by atoms with Gasteiger partial charge in [-0.3, -0.25) is 9.48 Å². The molecule has 0 aliphatic carbocycles. The predicted molar refractivity (Wildman–Crippen MR) is 84.4 cm³/mol. The van der Waals surface area contributed by atoms with E-state index in [1.807, 2.05) is 30.3 Å². The van der Waals surface area contributed by atoms with Crippen LogP contribution in [-0.2, 0) is 17.9 Å². The van der Waals surface area contributed by atoms with Gasteiger partial charge in [0.05, 0.1) is 18.4 Å². The Morgan fingerprint density at radius 1 is 1.35 bits per heavy atom. The lowest BCUT2D eigenvalue weighted by Gasteiger charge is -2.15. The van der Waals surface area contributed by atoms with Crippen molar-refractivity contribution < 1.29 is 14.3 Å². The summed E-state index contributed by atoms with van der Waals surface area (Å²) < 4.78 is 6.48. The van der Waals surface area contributed by atoms with E-state index in [-0.39, 0.29) is 30.6 Å². The molecule has 23 heavy (non-hydrogen) atoms. The highest BCUT2D eigenvalue weighted by atomic mass is 16.5. The second-order valence-corrected chi connectivity index (χ2v) is 5.10. The van der Waals surface area contributed by atoms with Gasteiger partial charge in [0.2, 0.25) is 0 Å². The molecule has 1 atom stereocenters. The molecule has 0 bridgehead atoms. The van der Waals surface area contributed by atoms with Crippen LogP contribution in [0.3, 0.4) is 0 Å². The number of rotatable bonds is 6. The summed E-state index contributed by atoms with van der Waals surface area (Å²) in [6.07, 6.45) is 0.794. The molecule has 0 fully saturated rings. The Morgan fingerprint density at radius 2 is 2.04 bits per heavy atom. The highest BCUT2D eigenvalue weighted by molar-refractivity contribution is 5.96. The molecule has 0 saturated heterocycles. The number of benzene rings is 1. The van der Waals surface area contributed by atoms with Gasteiger partial charge in [-0.05, 0) is 12.5 Å². The van der Waals surface area contributed by atoms with Gasteiger partial charge < -0.3 is 21.5 Å². The molecule has 1 aromatic heterocycles. The van der Waals surface area contributed by atoms with Gasteiger partial charge in [0, 0.05) is 6.04 Å². The molecular weight excluding hydrogens is 298 g/mol. The van der Waals surface area contributed by atoms with Crippen LogP contribution in [0.25, 0.3) is 0 Å². The molecule has 1 heterocycles. The van der Waals surface area contributed by atoms with Crippen LogP contribution in [0.1, 0.15) is 23.0 Å². The van der Waals surface area contributed by atoms with Crippen molar-refractivity contribution in [2.75, 3.05) is 5.73 Å². The summed E-state index contributed by atoms with van der Waals surface area (Å²) in [5, 5.41) is 6.64. The topological polar surface area (TPSA) is 125 Å². The molecule has 0 aliphatic rings. The van der Waals surface area contributed by atoms with E-state index >= 15 is 0 Å². The molecule has 122 valence electrons. The zero-order valence-electron chi connectivity index (χ0n) is 12.7. The van der Waals surface area contributed by atoms with Gasteiger partial charge in [0.1, 0.15) is 12.3 Å². The quantitative estimate of drug-likeness (QED) is 0.729. The third kappa shape index (κ3) is 4.47. The first kappa shape index (κ1) is 16.3. The molecule has 0 unspecified atom stereocenters. The van der Waals surface area contributed by atoms with Crippen LogP contribution < -0.4 is 16.8 Å². The summed E-state index contributed by atoms with van der Waals surface area (Å²) in [5.41, 5.74) is 12.1. The van der Waals surface area contributed by atoms with E-state index < -0.39 is 12.0 Å². The van der Waals surface area contributed by atoms with Crippen LogP contribution in [0.4, 0.5) is 10.5 Å². The van der Waals surface area contributed by atoms with Gasteiger partial charge >= 0.3 is 6.09 Å². The predicted octanol–water partition coefficient (Wildman–Crippen LogP) is 0.879. The number of alkyl carbamates (subject to hydrolysis) is 1. The summed E-state index contributed by atoms with van der Waals surface area (Å²) in [7, 11) is 0. The highest BCUT2D eigenvalue weighted by Crippen LogP contribution is 2.10. The number of carbonyl (C=O) groups is 2. The van der Waals surface area contributed by atoms with Crippen LogP contribution in [-0.4, -0.2) is 27.8 Å². The number of ether oxygens (including phenoxy) is 1. The monoisotopic (exact) mass is 317 g/mol. The Bertz CT molecular complexity index is 684. The van der Waals surface area contributed by atoms with Crippen molar-refractivity contribution in [2.24, 2.45) is 5.73 Å². The Hall–Kier alpha value is -3.03. The number of primary amides is 1. The van der Waals surface area contributed by atoms with Gasteiger partial charge in [-0.1, -0.05) is 30.3 Å². The van der Waals surface area contributed by atoms with E-state index in [0.29, 0.717) is 0 Å². The highest BCUT2D eigenvalue weighted by Gasteiger charge is 2.17. The van der Waals surface area contributed by atoms with Crippen molar-refractivity contribution >= 4 is 17.7 Å². The second kappa shape index (κ2) is 7.30. The lowest BCUT2D eigenvalue weighted by Crippen LogP contribution is -2.37. The minimum absolute atomic E-state index is 0.122. The number of nitrogens with zero attached hydrogens (tertiary/aromatic N) is 2. The maximum absolute atomic E-state index is 11.8. The average molecular weight is 317 g/mol. The molecule has 8 heteroatoms. The van der Waals surface area contributed by atoms with Gasteiger partial charge in [0.15, 0.2) is 0 Å². The number of aromatic nitrogens is 2. The summed E-state index contributed by atoms with van der Waals surface area (Å²) in [4.78, 5) is 23.1. The summed E-state index contributed by atoms with van der Waals surface area (Å²) in [5.74, 6) is -0.668. The summed E-state index contributed by atoms with van der Waals surface area (Å²) in [6.45, 7) is 2.18. The lowest BCUT2D eigenvalue weighted by molar-refractivity contribution is 0.0990. The van der Waals surface area contributed by atoms with Crippen molar-refractivity contribution in [2.45, 2.75) is 26.1 Å². The SMILES string of the molecule is C[C@@H](Cn1ncc(N)c1C(N)=O)NC(=O)OCc1ccccc1. The molecular formula is C15H19N5O3. The smallest absolute Gasteiger partial charge is 0.407 e. The first-order valence-corrected chi connectivity index (χ1v) is 7.05. The molecule has 1 aromatic carbocycles. The fraction of sp³-hybridized carbons (Fsp3) is 0.267. The van der Waals surface area contributed by atoms with E-state index in [1.54, 1.807) is 6.92 Å².